The van der Waals surface area contributed by atoms with Crippen LogP contribution in [-0.2, 0) is 18.9 Å². The van der Waals surface area contributed by atoms with E-state index in [2.05, 4.69) is 26.8 Å². The molecule has 24 heavy (non-hydrogen) atoms. The third-order valence-electron chi connectivity index (χ3n) is 6.72. The summed E-state index contributed by atoms with van der Waals surface area (Å²) in [6.07, 6.45) is 9.58. The van der Waals surface area contributed by atoms with Crippen LogP contribution in [0.2, 0.25) is 0 Å². The SMILES string of the molecule is COCOCCCC1=C[C@@]2(C)[C@@H](O[C@H]3CCCCO3)C[C@H]1C2(C)C. The van der Waals surface area contributed by atoms with Gasteiger partial charge >= 0.3 is 0 Å². The number of hydrogen-bond donors (Lipinski definition) is 0. The molecule has 3 aliphatic rings. The smallest absolute Gasteiger partial charge is 0.157 e. The summed E-state index contributed by atoms with van der Waals surface area (Å²) in [7, 11) is 1.66. The Morgan fingerprint density at radius 2 is 2.08 bits per heavy atom. The maximum atomic E-state index is 6.42. The highest BCUT2D eigenvalue weighted by Gasteiger charge is 2.62. The molecule has 0 N–H and O–H groups in total. The summed E-state index contributed by atoms with van der Waals surface area (Å²) in [5.41, 5.74) is 1.98. The number of allylic oxidation sites excluding steroid dienone is 1. The minimum absolute atomic E-state index is 0.00928. The lowest BCUT2D eigenvalue weighted by molar-refractivity contribution is -0.205. The zero-order valence-electron chi connectivity index (χ0n) is 15.8. The van der Waals surface area contributed by atoms with E-state index in [1.807, 2.05) is 0 Å². The quantitative estimate of drug-likeness (QED) is 0.376. The molecule has 2 bridgehead atoms. The average Bonchev–Trinajstić information content (AvgIpc) is 2.87. The molecular weight excluding hydrogens is 304 g/mol. The lowest BCUT2D eigenvalue weighted by Gasteiger charge is -2.39. The van der Waals surface area contributed by atoms with Crippen LogP contribution in [0.3, 0.4) is 0 Å². The standard InChI is InChI=1S/C20H34O4/c1-19(2)16-12-17(24-18-9-5-6-11-23-18)20(19,3)13-15(16)8-7-10-22-14-21-4/h13,16-18H,5-12,14H2,1-4H3/t16-,17+,18+,20+/m1/s1. The second-order valence-corrected chi connectivity index (χ2v) is 8.35. The fraction of sp³-hybridized carbons (Fsp3) is 0.900. The second kappa shape index (κ2) is 7.45. The van der Waals surface area contributed by atoms with Crippen LogP contribution in [0.4, 0.5) is 0 Å². The fourth-order valence-electron chi connectivity index (χ4n) is 4.89. The van der Waals surface area contributed by atoms with Crippen LogP contribution in [0, 0.1) is 16.7 Å². The highest BCUT2D eigenvalue weighted by Crippen LogP contribution is 2.66. The van der Waals surface area contributed by atoms with Crippen molar-refractivity contribution in [3.8, 4) is 0 Å². The van der Waals surface area contributed by atoms with Crippen molar-refractivity contribution in [3.63, 3.8) is 0 Å². The Morgan fingerprint density at radius 1 is 1.25 bits per heavy atom. The number of hydrogen-bond acceptors (Lipinski definition) is 4. The molecule has 138 valence electrons. The molecule has 2 aliphatic carbocycles. The highest BCUT2D eigenvalue weighted by molar-refractivity contribution is 5.33. The molecule has 0 aromatic carbocycles. The summed E-state index contributed by atoms with van der Waals surface area (Å²) in [5, 5.41) is 0. The summed E-state index contributed by atoms with van der Waals surface area (Å²) < 4.78 is 22.6. The Kier molecular flexibility index (Phi) is 5.70. The molecule has 0 aromatic heterocycles. The Labute approximate surface area is 146 Å². The zero-order chi connectivity index (χ0) is 17.2. The first-order valence-electron chi connectivity index (χ1n) is 9.54. The third kappa shape index (κ3) is 3.31. The first kappa shape index (κ1) is 18.4. The molecule has 2 fully saturated rings. The second-order valence-electron chi connectivity index (χ2n) is 8.35. The van der Waals surface area contributed by atoms with Crippen LogP contribution in [0.15, 0.2) is 11.6 Å². The molecular formula is C20H34O4. The van der Waals surface area contributed by atoms with Crippen LogP contribution in [0.25, 0.3) is 0 Å². The molecule has 0 aromatic rings. The van der Waals surface area contributed by atoms with Gasteiger partial charge in [0.15, 0.2) is 6.29 Å². The first-order chi connectivity index (χ1) is 11.5. The van der Waals surface area contributed by atoms with Gasteiger partial charge in [-0.2, -0.15) is 0 Å². The van der Waals surface area contributed by atoms with E-state index in [-0.39, 0.29) is 23.2 Å². The van der Waals surface area contributed by atoms with Gasteiger partial charge in [0.2, 0.25) is 0 Å². The van der Waals surface area contributed by atoms with Crippen LogP contribution in [0.1, 0.15) is 59.3 Å². The van der Waals surface area contributed by atoms with Crippen molar-refractivity contribution in [3.05, 3.63) is 11.6 Å². The fourth-order valence-corrected chi connectivity index (χ4v) is 4.89. The van der Waals surface area contributed by atoms with Crippen molar-refractivity contribution in [2.24, 2.45) is 16.7 Å². The number of ether oxygens (including phenoxy) is 4. The van der Waals surface area contributed by atoms with Crippen LogP contribution in [-0.4, -0.2) is 39.5 Å². The summed E-state index contributed by atoms with van der Waals surface area (Å²) in [6, 6.07) is 0. The van der Waals surface area contributed by atoms with E-state index in [0.29, 0.717) is 12.7 Å². The Morgan fingerprint density at radius 3 is 2.71 bits per heavy atom. The first-order valence-corrected chi connectivity index (χ1v) is 9.54. The molecule has 0 radical (unpaired) electrons. The molecule has 1 saturated heterocycles. The van der Waals surface area contributed by atoms with Gasteiger partial charge in [-0.05, 0) is 49.9 Å². The minimum Gasteiger partial charge on any atom is -0.359 e. The van der Waals surface area contributed by atoms with Crippen LogP contribution >= 0.6 is 0 Å². The van der Waals surface area contributed by atoms with Crippen molar-refractivity contribution in [2.45, 2.75) is 71.7 Å². The molecule has 3 rings (SSSR count). The van der Waals surface area contributed by atoms with E-state index in [1.54, 1.807) is 12.7 Å². The monoisotopic (exact) mass is 338 g/mol. The zero-order valence-corrected chi connectivity index (χ0v) is 15.8. The van der Waals surface area contributed by atoms with Crippen molar-refractivity contribution in [1.29, 1.82) is 0 Å². The van der Waals surface area contributed by atoms with Crippen molar-refractivity contribution < 1.29 is 18.9 Å². The van der Waals surface area contributed by atoms with Gasteiger partial charge in [0.1, 0.15) is 6.79 Å². The highest BCUT2D eigenvalue weighted by atomic mass is 16.7. The van der Waals surface area contributed by atoms with Gasteiger partial charge in [-0.25, -0.2) is 0 Å². The topological polar surface area (TPSA) is 36.9 Å². The van der Waals surface area contributed by atoms with E-state index < -0.39 is 0 Å². The predicted molar refractivity (Wildman–Crippen MR) is 93.6 cm³/mol. The summed E-state index contributed by atoms with van der Waals surface area (Å²) in [6.45, 7) is 9.22. The largest absolute Gasteiger partial charge is 0.359 e. The van der Waals surface area contributed by atoms with Gasteiger partial charge in [-0.1, -0.05) is 32.4 Å². The number of fused-ring (bicyclic) bond motifs is 2. The Hall–Kier alpha value is -0.420. The lowest BCUT2D eigenvalue weighted by atomic mass is 9.69. The summed E-state index contributed by atoms with van der Waals surface area (Å²) in [5.74, 6) is 0.624. The van der Waals surface area contributed by atoms with Crippen molar-refractivity contribution >= 4 is 0 Å². The van der Waals surface area contributed by atoms with E-state index in [1.165, 1.54) is 12.8 Å². The molecule has 4 heteroatoms. The van der Waals surface area contributed by atoms with Gasteiger partial charge in [0, 0.05) is 25.7 Å². The molecule has 1 heterocycles. The third-order valence-corrected chi connectivity index (χ3v) is 6.72. The normalized spacial score (nSPS) is 37.7. The van der Waals surface area contributed by atoms with Crippen molar-refractivity contribution in [2.75, 3.05) is 27.1 Å². The van der Waals surface area contributed by atoms with Crippen LogP contribution < -0.4 is 0 Å². The molecule has 0 amide bonds. The average molecular weight is 338 g/mol. The van der Waals surface area contributed by atoms with Gasteiger partial charge < -0.3 is 18.9 Å². The molecule has 1 aliphatic heterocycles. The summed E-state index contributed by atoms with van der Waals surface area (Å²) >= 11 is 0. The molecule has 0 spiro atoms. The molecule has 0 unspecified atom stereocenters. The molecule has 4 nitrogen and oxygen atoms in total. The van der Waals surface area contributed by atoms with Gasteiger partial charge in [-0.3, -0.25) is 0 Å². The van der Waals surface area contributed by atoms with Gasteiger partial charge in [-0.15, -0.1) is 0 Å². The van der Waals surface area contributed by atoms with E-state index >= 15 is 0 Å². The molecule has 4 atom stereocenters. The molecule has 1 saturated carbocycles. The van der Waals surface area contributed by atoms with Crippen molar-refractivity contribution in [1.82, 2.24) is 0 Å². The lowest BCUT2D eigenvalue weighted by Crippen LogP contribution is -2.39. The van der Waals surface area contributed by atoms with E-state index in [0.717, 1.165) is 38.9 Å². The Balaban J connectivity index is 1.59. The van der Waals surface area contributed by atoms with Gasteiger partial charge in [0.05, 0.1) is 6.10 Å². The van der Waals surface area contributed by atoms with E-state index in [4.69, 9.17) is 18.9 Å². The maximum Gasteiger partial charge on any atom is 0.157 e. The van der Waals surface area contributed by atoms with Gasteiger partial charge in [0.25, 0.3) is 0 Å². The number of methoxy groups -OCH3 is 1. The van der Waals surface area contributed by atoms with Crippen LogP contribution in [0.5, 0.6) is 0 Å². The minimum atomic E-state index is 0.00928. The number of rotatable bonds is 8. The predicted octanol–water partition coefficient (Wildman–Crippen LogP) is 4.29. The summed E-state index contributed by atoms with van der Waals surface area (Å²) in [4.78, 5) is 0. The maximum absolute atomic E-state index is 6.42. The Bertz CT molecular complexity index is 453. The van der Waals surface area contributed by atoms with E-state index in [9.17, 15) is 0 Å².